The van der Waals surface area contributed by atoms with E-state index in [2.05, 4.69) is 28.3 Å². The summed E-state index contributed by atoms with van der Waals surface area (Å²) in [5.41, 5.74) is 1.35. The topological polar surface area (TPSA) is 37.2 Å². The lowest BCUT2D eigenvalue weighted by Gasteiger charge is -2.13. The molecule has 1 saturated carbocycles. The molecule has 0 aliphatic heterocycles. The van der Waals surface area contributed by atoms with Crippen LogP contribution in [0.25, 0.3) is 0 Å². The molecule has 1 aromatic heterocycles. The first-order chi connectivity index (χ1) is 7.20. The second-order valence-electron chi connectivity index (χ2n) is 4.59. The highest BCUT2D eigenvalue weighted by molar-refractivity contribution is 5.18. The second-order valence-corrected chi connectivity index (χ2v) is 4.59. The predicted molar refractivity (Wildman–Crippen MR) is 60.6 cm³/mol. The molecule has 1 aromatic rings. The van der Waals surface area contributed by atoms with Gasteiger partial charge in [0.2, 0.25) is 0 Å². The van der Waals surface area contributed by atoms with Gasteiger partial charge in [-0.05, 0) is 44.4 Å². The summed E-state index contributed by atoms with van der Waals surface area (Å²) in [6.07, 6.45) is 6.60. The zero-order chi connectivity index (χ0) is 10.8. The quantitative estimate of drug-likeness (QED) is 0.770. The molecule has 2 N–H and O–H groups in total. The van der Waals surface area contributed by atoms with Gasteiger partial charge in [0, 0.05) is 25.0 Å². The van der Waals surface area contributed by atoms with Gasteiger partial charge in [-0.15, -0.1) is 0 Å². The van der Waals surface area contributed by atoms with Crippen LogP contribution < -0.4 is 5.32 Å². The summed E-state index contributed by atoms with van der Waals surface area (Å²) in [6, 6.07) is 2.65. The summed E-state index contributed by atoms with van der Waals surface area (Å²) in [4.78, 5) is 0. The highest BCUT2D eigenvalue weighted by Gasteiger charge is 2.31. The Morgan fingerprint density at radius 1 is 1.60 bits per heavy atom. The summed E-state index contributed by atoms with van der Waals surface area (Å²) in [7, 11) is 2.02. The first-order valence-corrected chi connectivity index (χ1v) is 5.71. The number of aliphatic hydroxyl groups excluding tert-OH is 1. The molecule has 1 fully saturated rings. The van der Waals surface area contributed by atoms with Crippen molar-refractivity contribution in [3.8, 4) is 0 Å². The number of hydrogen-bond donors (Lipinski definition) is 2. The van der Waals surface area contributed by atoms with E-state index in [0.29, 0.717) is 12.6 Å². The molecule has 0 spiro atoms. The SMILES string of the molecule is CNC(c1ccn(CC(C)O)c1)C1CC1. The molecule has 0 aromatic carbocycles. The van der Waals surface area contributed by atoms with E-state index in [4.69, 9.17) is 0 Å². The first-order valence-electron chi connectivity index (χ1n) is 5.71. The van der Waals surface area contributed by atoms with Crippen molar-refractivity contribution in [3.05, 3.63) is 24.0 Å². The van der Waals surface area contributed by atoms with E-state index in [9.17, 15) is 5.11 Å². The van der Waals surface area contributed by atoms with Gasteiger partial charge >= 0.3 is 0 Å². The molecule has 1 aliphatic carbocycles. The Balaban J connectivity index is 2.04. The van der Waals surface area contributed by atoms with E-state index in [1.807, 2.05) is 14.0 Å². The van der Waals surface area contributed by atoms with Crippen LogP contribution in [0.4, 0.5) is 0 Å². The van der Waals surface area contributed by atoms with Crippen molar-refractivity contribution in [3.63, 3.8) is 0 Å². The Kier molecular flexibility index (Phi) is 3.12. The van der Waals surface area contributed by atoms with E-state index >= 15 is 0 Å². The molecule has 0 radical (unpaired) electrons. The van der Waals surface area contributed by atoms with Crippen LogP contribution in [0, 0.1) is 5.92 Å². The Hall–Kier alpha value is -0.800. The van der Waals surface area contributed by atoms with Crippen LogP contribution in [0.5, 0.6) is 0 Å². The minimum atomic E-state index is -0.279. The molecule has 0 amide bonds. The van der Waals surface area contributed by atoms with Gasteiger partial charge in [-0.3, -0.25) is 0 Å². The van der Waals surface area contributed by atoms with Gasteiger partial charge in [0.05, 0.1) is 6.10 Å². The van der Waals surface area contributed by atoms with Gasteiger partial charge < -0.3 is 15.0 Å². The number of aromatic nitrogens is 1. The number of rotatable bonds is 5. The van der Waals surface area contributed by atoms with Crippen molar-refractivity contribution in [2.75, 3.05) is 7.05 Å². The molecule has 0 bridgehead atoms. The van der Waals surface area contributed by atoms with Crippen LogP contribution in [0.3, 0.4) is 0 Å². The first kappa shape index (κ1) is 10.7. The minimum absolute atomic E-state index is 0.279. The maximum Gasteiger partial charge on any atom is 0.0690 e. The Labute approximate surface area is 91.1 Å². The third kappa shape index (κ3) is 2.61. The average Bonchev–Trinajstić information content (AvgIpc) is 2.89. The third-order valence-corrected chi connectivity index (χ3v) is 3.01. The van der Waals surface area contributed by atoms with Crippen LogP contribution in [0.1, 0.15) is 31.4 Å². The van der Waals surface area contributed by atoms with E-state index in [1.54, 1.807) is 0 Å². The molecular weight excluding hydrogens is 188 g/mol. The minimum Gasteiger partial charge on any atom is -0.392 e. The number of nitrogens with zero attached hydrogens (tertiary/aromatic N) is 1. The summed E-state index contributed by atoms with van der Waals surface area (Å²) in [5, 5.41) is 12.7. The molecule has 3 heteroatoms. The van der Waals surface area contributed by atoms with E-state index in [0.717, 1.165) is 5.92 Å². The zero-order valence-electron chi connectivity index (χ0n) is 9.48. The Bertz CT molecular complexity index is 315. The molecule has 3 nitrogen and oxygen atoms in total. The number of nitrogens with one attached hydrogen (secondary N) is 1. The summed E-state index contributed by atoms with van der Waals surface area (Å²) in [6.45, 7) is 2.50. The van der Waals surface area contributed by atoms with Crippen LogP contribution >= 0.6 is 0 Å². The highest BCUT2D eigenvalue weighted by Crippen LogP contribution is 2.40. The number of aliphatic hydroxyl groups is 1. The highest BCUT2D eigenvalue weighted by atomic mass is 16.3. The van der Waals surface area contributed by atoms with Crippen LogP contribution in [0.15, 0.2) is 18.5 Å². The fourth-order valence-electron chi connectivity index (χ4n) is 2.17. The Morgan fingerprint density at radius 2 is 2.33 bits per heavy atom. The number of hydrogen-bond acceptors (Lipinski definition) is 2. The summed E-state index contributed by atoms with van der Waals surface area (Å²) < 4.78 is 2.06. The molecule has 1 heterocycles. The van der Waals surface area contributed by atoms with Crippen LogP contribution in [-0.2, 0) is 6.54 Å². The molecule has 2 rings (SSSR count). The molecule has 84 valence electrons. The smallest absolute Gasteiger partial charge is 0.0690 e. The largest absolute Gasteiger partial charge is 0.392 e. The van der Waals surface area contributed by atoms with Gasteiger partial charge in [0.15, 0.2) is 0 Å². The molecule has 1 aliphatic rings. The standard InChI is InChI=1S/C12H20N2O/c1-9(15)7-14-6-5-11(8-14)12(13-2)10-3-4-10/h5-6,8-10,12-13,15H,3-4,7H2,1-2H3. The summed E-state index contributed by atoms with van der Waals surface area (Å²) >= 11 is 0. The molecule has 2 unspecified atom stereocenters. The lowest BCUT2D eigenvalue weighted by Crippen LogP contribution is -2.18. The van der Waals surface area contributed by atoms with Gasteiger partial charge in [-0.2, -0.15) is 0 Å². The third-order valence-electron chi connectivity index (χ3n) is 3.01. The van der Waals surface area contributed by atoms with E-state index in [1.165, 1.54) is 18.4 Å². The van der Waals surface area contributed by atoms with Crippen molar-refractivity contribution in [2.24, 2.45) is 5.92 Å². The zero-order valence-corrected chi connectivity index (χ0v) is 9.48. The monoisotopic (exact) mass is 208 g/mol. The second kappa shape index (κ2) is 4.37. The normalized spacial score (nSPS) is 20.2. The molecule has 0 saturated heterocycles. The fourth-order valence-corrected chi connectivity index (χ4v) is 2.17. The van der Waals surface area contributed by atoms with Gasteiger partial charge in [0.1, 0.15) is 0 Å². The maximum absolute atomic E-state index is 9.30. The summed E-state index contributed by atoms with van der Waals surface area (Å²) in [5.74, 6) is 0.817. The van der Waals surface area contributed by atoms with Gasteiger partial charge in [-0.25, -0.2) is 0 Å². The molecule has 2 atom stereocenters. The lowest BCUT2D eigenvalue weighted by molar-refractivity contribution is 0.173. The van der Waals surface area contributed by atoms with Crippen molar-refractivity contribution in [1.29, 1.82) is 0 Å². The van der Waals surface area contributed by atoms with E-state index < -0.39 is 0 Å². The predicted octanol–water partition coefficient (Wildman–Crippen LogP) is 1.54. The molecule has 15 heavy (non-hydrogen) atoms. The average molecular weight is 208 g/mol. The molecular formula is C12H20N2O. The van der Waals surface area contributed by atoms with Crippen molar-refractivity contribution >= 4 is 0 Å². The lowest BCUT2D eigenvalue weighted by atomic mass is 10.1. The van der Waals surface area contributed by atoms with Gasteiger partial charge in [0.25, 0.3) is 0 Å². The van der Waals surface area contributed by atoms with Crippen LogP contribution in [0.2, 0.25) is 0 Å². The van der Waals surface area contributed by atoms with Crippen molar-refractivity contribution in [2.45, 2.75) is 38.5 Å². The van der Waals surface area contributed by atoms with Crippen molar-refractivity contribution < 1.29 is 5.11 Å². The van der Waals surface area contributed by atoms with Gasteiger partial charge in [-0.1, -0.05) is 0 Å². The van der Waals surface area contributed by atoms with Crippen LogP contribution in [-0.4, -0.2) is 22.8 Å². The van der Waals surface area contributed by atoms with E-state index in [-0.39, 0.29) is 6.10 Å². The Morgan fingerprint density at radius 3 is 2.87 bits per heavy atom. The van der Waals surface area contributed by atoms with Crippen molar-refractivity contribution in [1.82, 2.24) is 9.88 Å². The maximum atomic E-state index is 9.30. The fraction of sp³-hybridized carbons (Fsp3) is 0.667.